The maximum absolute atomic E-state index is 12.8. The van der Waals surface area contributed by atoms with Crippen molar-refractivity contribution < 1.29 is 22.7 Å². The number of benzene rings is 2. The SMILES string of the molecule is O=C(Nc1cccc(C(F)(F)F)c1)c1ccccc1NCc1cc[n+]([O-])cc1. The molecule has 3 rings (SSSR count). The van der Waals surface area contributed by atoms with Crippen LogP contribution in [0.1, 0.15) is 21.5 Å². The maximum atomic E-state index is 12.8. The normalized spacial score (nSPS) is 11.1. The van der Waals surface area contributed by atoms with Crippen LogP contribution < -0.4 is 15.4 Å². The summed E-state index contributed by atoms with van der Waals surface area (Å²) in [6, 6.07) is 14.4. The van der Waals surface area contributed by atoms with Gasteiger partial charge in [0.2, 0.25) is 0 Å². The van der Waals surface area contributed by atoms with Crippen LogP contribution in [0.3, 0.4) is 0 Å². The van der Waals surface area contributed by atoms with Gasteiger partial charge in [0.15, 0.2) is 12.4 Å². The van der Waals surface area contributed by atoms with Gasteiger partial charge < -0.3 is 15.8 Å². The number of halogens is 3. The molecule has 8 heteroatoms. The fourth-order valence-electron chi connectivity index (χ4n) is 2.57. The van der Waals surface area contributed by atoms with Crippen molar-refractivity contribution >= 4 is 17.3 Å². The smallest absolute Gasteiger partial charge is 0.416 e. The molecule has 0 atom stereocenters. The lowest BCUT2D eigenvalue weighted by molar-refractivity contribution is -0.605. The lowest BCUT2D eigenvalue weighted by Gasteiger charge is -2.13. The number of nitrogens with zero attached hydrogens (tertiary/aromatic N) is 1. The number of hydrogen-bond acceptors (Lipinski definition) is 3. The summed E-state index contributed by atoms with van der Waals surface area (Å²) in [5, 5.41) is 16.7. The molecule has 0 spiro atoms. The van der Waals surface area contributed by atoms with Gasteiger partial charge in [0.25, 0.3) is 5.91 Å². The summed E-state index contributed by atoms with van der Waals surface area (Å²) < 4.78 is 39.2. The van der Waals surface area contributed by atoms with Gasteiger partial charge in [0.1, 0.15) is 0 Å². The minimum atomic E-state index is -4.49. The topological polar surface area (TPSA) is 68.1 Å². The number of hydrogen-bond donors (Lipinski definition) is 2. The largest absolute Gasteiger partial charge is 0.619 e. The van der Waals surface area contributed by atoms with Crippen LogP contribution in [0.2, 0.25) is 0 Å². The highest BCUT2D eigenvalue weighted by Crippen LogP contribution is 2.31. The number of alkyl halides is 3. The van der Waals surface area contributed by atoms with E-state index in [1.54, 1.807) is 36.4 Å². The molecule has 1 amide bonds. The van der Waals surface area contributed by atoms with Gasteiger partial charge in [0, 0.05) is 30.1 Å². The van der Waals surface area contributed by atoms with Crippen molar-refractivity contribution in [1.29, 1.82) is 0 Å². The second-order valence-electron chi connectivity index (χ2n) is 6.00. The molecule has 2 aromatic carbocycles. The van der Waals surface area contributed by atoms with E-state index in [0.29, 0.717) is 17.0 Å². The van der Waals surface area contributed by atoms with E-state index in [4.69, 9.17) is 0 Å². The van der Waals surface area contributed by atoms with E-state index in [9.17, 15) is 23.2 Å². The first-order chi connectivity index (χ1) is 13.3. The van der Waals surface area contributed by atoms with Crippen LogP contribution in [0, 0.1) is 5.21 Å². The van der Waals surface area contributed by atoms with Gasteiger partial charge in [-0.15, -0.1) is 0 Å². The number of anilines is 2. The summed E-state index contributed by atoms with van der Waals surface area (Å²) in [7, 11) is 0. The Morgan fingerprint density at radius 3 is 2.43 bits per heavy atom. The Morgan fingerprint density at radius 1 is 1.00 bits per heavy atom. The van der Waals surface area contributed by atoms with Gasteiger partial charge in [-0.05, 0) is 35.9 Å². The summed E-state index contributed by atoms with van der Waals surface area (Å²) in [5.74, 6) is -0.534. The first-order valence-electron chi connectivity index (χ1n) is 8.32. The second-order valence-corrected chi connectivity index (χ2v) is 6.00. The van der Waals surface area contributed by atoms with Crippen LogP contribution in [0.25, 0.3) is 0 Å². The number of rotatable bonds is 5. The Bertz CT molecular complexity index is 973. The second kappa shape index (κ2) is 7.99. The summed E-state index contributed by atoms with van der Waals surface area (Å²) in [6.45, 7) is 0.370. The molecule has 2 N–H and O–H groups in total. The van der Waals surface area contributed by atoms with Crippen molar-refractivity contribution in [3.8, 4) is 0 Å². The van der Waals surface area contributed by atoms with Gasteiger partial charge in [-0.3, -0.25) is 4.79 Å². The molecule has 1 aromatic heterocycles. The third-order valence-electron chi connectivity index (χ3n) is 3.97. The van der Waals surface area contributed by atoms with Crippen LogP contribution in [-0.2, 0) is 12.7 Å². The van der Waals surface area contributed by atoms with E-state index in [1.807, 2.05) is 0 Å². The zero-order chi connectivity index (χ0) is 20.1. The van der Waals surface area contributed by atoms with Crippen LogP contribution in [0.4, 0.5) is 24.5 Å². The van der Waals surface area contributed by atoms with E-state index < -0.39 is 17.6 Å². The summed E-state index contributed by atoms with van der Waals surface area (Å²) >= 11 is 0. The Morgan fingerprint density at radius 2 is 1.71 bits per heavy atom. The Balaban J connectivity index is 1.75. The van der Waals surface area contributed by atoms with Crippen molar-refractivity contribution in [1.82, 2.24) is 0 Å². The fraction of sp³-hybridized carbons (Fsp3) is 0.100. The quantitative estimate of drug-likeness (QED) is 0.509. The number of aromatic nitrogens is 1. The van der Waals surface area contributed by atoms with Crippen LogP contribution in [0.15, 0.2) is 73.1 Å². The minimum Gasteiger partial charge on any atom is -0.619 e. The van der Waals surface area contributed by atoms with E-state index in [1.165, 1.54) is 24.5 Å². The molecule has 144 valence electrons. The summed E-state index contributed by atoms with van der Waals surface area (Å²) in [6.07, 6.45) is -1.76. The first-order valence-corrected chi connectivity index (χ1v) is 8.32. The van der Waals surface area contributed by atoms with Crippen molar-refractivity contribution in [2.75, 3.05) is 10.6 Å². The van der Waals surface area contributed by atoms with E-state index in [2.05, 4.69) is 10.6 Å². The average molecular weight is 387 g/mol. The van der Waals surface area contributed by atoms with Gasteiger partial charge in [-0.25, -0.2) is 0 Å². The van der Waals surface area contributed by atoms with Crippen LogP contribution in [0.5, 0.6) is 0 Å². The number of amides is 1. The van der Waals surface area contributed by atoms with Crippen LogP contribution in [-0.4, -0.2) is 5.91 Å². The first kappa shape index (κ1) is 19.2. The molecule has 0 aliphatic heterocycles. The van der Waals surface area contributed by atoms with Crippen molar-refractivity contribution in [3.63, 3.8) is 0 Å². The van der Waals surface area contributed by atoms with Gasteiger partial charge in [-0.1, -0.05) is 18.2 Å². The molecule has 0 saturated carbocycles. The number of pyridine rings is 1. The minimum absolute atomic E-state index is 0.0534. The molecule has 3 aromatic rings. The molecule has 28 heavy (non-hydrogen) atoms. The summed E-state index contributed by atoms with van der Waals surface area (Å²) in [4.78, 5) is 12.6. The van der Waals surface area contributed by atoms with E-state index in [-0.39, 0.29) is 11.3 Å². The Hall–Kier alpha value is -3.55. The van der Waals surface area contributed by atoms with Crippen molar-refractivity contribution in [2.24, 2.45) is 0 Å². The highest BCUT2D eigenvalue weighted by molar-refractivity contribution is 6.08. The van der Waals surface area contributed by atoms with Crippen molar-refractivity contribution in [3.05, 3.63) is 95.0 Å². The molecule has 0 fully saturated rings. The van der Waals surface area contributed by atoms with E-state index >= 15 is 0 Å². The Kier molecular flexibility index (Phi) is 5.49. The van der Waals surface area contributed by atoms with Crippen molar-refractivity contribution in [2.45, 2.75) is 12.7 Å². The highest BCUT2D eigenvalue weighted by Gasteiger charge is 2.30. The average Bonchev–Trinajstić information content (AvgIpc) is 2.67. The number of para-hydroxylation sites is 1. The van der Waals surface area contributed by atoms with Gasteiger partial charge in [-0.2, -0.15) is 17.9 Å². The Labute approximate surface area is 159 Å². The molecule has 0 bridgehead atoms. The highest BCUT2D eigenvalue weighted by atomic mass is 19.4. The van der Waals surface area contributed by atoms with Crippen LogP contribution >= 0.6 is 0 Å². The number of carbonyl (C=O) groups excluding carboxylic acids is 1. The lowest BCUT2D eigenvalue weighted by atomic mass is 10.1. The molecule has 0 aliphatic carbocycles. The third-order valence-corrected chi connectivity index (χ3v) is 3.97. The van der Waals surface area contributed by atoms with Gasteiger partial charge >= 0.3 is 6.18 Å². The number of carbonyl (C=O) groups is 1. The predicted molar refractivity (Wildman–Crippen MR) is 98.6 cm³/mol. The van der Waals surface area contributed by atoms with E-state index in [0.717, 1.165) is 17.7 Å². The molecule has 0 radical (unpaired) electrons. The number of nitrogens with one attached hydrogen (secondary N) is 2. The molecule has 0 unspecified atom stereocenters. The monoisotopic (exact) mass is 387 g/mol. The molecule has 1 heterocycles. The molecular formula is C20H16F3N3O2. The molecule has 0 saturated heterocycles. The standard InChI is InChI=1S/C20H16F3N3O2/c21-20(22,23)15-4-3-5-16(12-15)25-19(27)17-6-1-2-7-18(17)24-13-14-8-10-26(28)11-9-14/h1-12,24H,13H2,(H,25,27). The molecular weight excluding hydrogens is 371 g/mol. The lowest BCUT2D eigenvalue weighted by Crippen LogP contribution is -2.24. The third kappa shape index (κ3) is 4.79. The zero-order valence-electron chi connectivity index (χ0n) is 14.5. The fourth-order valence-corrected chi connectivity index (χ4v) is 2.57. The zero-order valence-corrected chi connectivity index (χ0v) is 14.5. The maximum Gasteiger partial charge on any atom is 0.416 e. The van der Waals surface area contributed by atoms with Gasteiger partial charge in [0.05, 0.1) is 11.1 Å². The summed E-state index contributed by atoms with van der Waals surface area (Å²) in [5.41, 5.74) is 0.856. The predicted octanol–water partition coefficient (Wildman–Crippen LogP) is 4.20. The molecule has 5 nitrogen and oxygen atoms in total. The molecule has 0 aliphatic rings.